The third-order valence-electron chi connectivity index (χ3n) is 2.81. The average molecular weight is 337 g/mol. The molecule has 0 spiro atoms. The van der Waals surface area contributed by atoms with Crippen LogP contribution in [0.15, 0.2) is 62.4 Å². The second-order valence-electron chi connectivity index (χ2n) is 4.63. The van der Waals surface area contributed by atoms with E-state index in [9.17, 15) is 13.2 Å². The van der Waals surface area contributed by atoms with Crippen LogP contribution in [0.1, 0.15) is 13.8 Å². The van der Waals surface area contributed by atoms with Gasteiger partial charge in [0.25, 0.3) is 10.0 Å². The molecule has 22 heavy (non-hydrogen) atoms. The van der Waals surface area contributed by atoms with Gasteiger partial charge in [0.1, 0.15) is 5.84 Å². The molecule has 0 bridgehead atoms. The molecule has 1 aliphatic rings. The zero-order chi connectivity index (χ0) is 16.3. The number of carbonyl (C=O) groups excluding carboxylic acids is 1. The second kappa shape index (κ2) is 6.37. The van der Waals surface area contributed by atoms with Gasteiger partial charge in [0.05, 0.1) is 10.6 Å². The van der Waals surface area contributed by atoms with Gasteiger partial charge in [-0.1, -0.05) is 11.6 Å². The Kier molecular flexibility index (Phi) is 4.73. The van der Waals surface area contributed by atoms with Gasteiger partial charge in [0, 0.05) is 5.02 Å². The van der Waals surface area contributed by atoms with E-state index in [1.54, 1.807) is 13.0 Å². The van der Waals surface area contributed by atoms with Crippen molar-refractivity contribution in [3.8, 4) is 0 Å². The highest BCUT2D eigenvalue weighted by molar-refractivity contribution is 7.90. The molecule has 0 N–H and O–H groups in total. The van der Waals surface area contributed by atoms with Crippen molar-refractivity contribution in [2.75, 3.05) is 0 Å². The molecule has 0 aromatic heterocycles. The molecule has 5 nitrogen and oxygen atoms in total. The zero-order valence-electron chi connectivity index (χ0n) is 11.9. The van der Waals surface area contributed by atoms with Gasteiger partial charge in [-0.05, 0) is 61.9 Å². The van der Waals surface area contributed by atoms with Crippen LogP contribution in [0.2, 0.25) is 5.02 Å². The molecular formula is C15H13ClN2O3S. The fourth-order valence-electron chi connectivity index (χ4n) is 1.74. The van der Waals surface area contributed by atoms with Crippen molar-refractivity contribution in [1.82, 2.24) is 0 Å². The Morgan fingerprint density at radius 1 is 1.14 bits per heavy atom. The minimum atomic E-state index is -3.84. The Morgan fingerprint density at radius 2 is 1.77 bits per heavy atom. The Bertz CT molecular complexity index is 832. The van der Waals surface area contributed by atoms with E-state index in [4.69, 9.17) is 11.6 Å². The van der Waals surface area contributed by atoms with Gasteiger partial charge < -0.3 is 0 Å². The molecule has 1 aromatic carbocycles. The number of benzene rings is 1. The van der Waals surface area contributed by atoms with Crippen LogP contribution in [0.4, 0.5) is 0 Å². The third-order valence-corrected chi connectivity index (χ3v) is 4.44. The fraction of sp³-hybridized carbons (Fsp3) is 0.133. The third kappa shape index (κ3) is 3.99. The normalized spacial score (nSPS) is 17.8. The van der Waals surface area contributed by atoms with E-state index in [0.717, 1.165) is 0 Å². The standard InChI is InChI=1S/C15H13ClN2O3S/c1-10-9-13(5-8-15(10)19)17-11(2)18-22(20,21)14-6-3-12(16)4-7-14/h3-9H,1-2H3/b17-13?,18-11-. The van der Waals surface area contributed by atoms with Crippen LogP contribution in [0.25, 0.3) is 0 Å². The number of carbonyl (C=O) groups is 1. The summed E-state index contributed by atoms with van der Waals surface area (Å²) in [7, 11) is -3.84. The van der Waals surface area contributed by atoms with Gasteiger partial charge in [-0.15, -0.1) is 4.40 Å². The van der Waals surface area contributed by atoms with Crippen molar-refractivity contribution in [3.05, 3.63) is 53.1 Å². The molecule has 0 aliphatic heterocycles. The van der Waals surface area contributed by atoms with Crippen LogP contribution in [-0.4, -0.2) is 25.7 Å². The number of halogens is 1. The molecule has 1 aromatic rings. The summed E-state index contributed by atoms with van der Waals surface area (Å²) in [6, 6.07) is 5.72. The molecule has 0 saturated carbocycles. The lowest BCUT2D eigenvalue weighted by molar-refractivity contribution is -0.111. The Morgan fingerprint density at radius 3 is 2.36 bits per heavy atom. The molecule has 0 amide bonds. The minimum absolute atomic E-state index is 0.0394. The summed E-state index contributed by atoms with van der Waals surface area (Å²) in [6.07, 6.45) is 4.48. The molecule has 2 rings (SSSR count). The lowest BCUT2D eigenvalue weighted by Gasteiger charge is -2.04. The number of rotatable bonds is 2. The minimum Gasteiger partial charge on any atom is -0.290 e. The summed E-state index contributed by atoms with van der Waals surface area (Å²) in [5.41, 5.74) is 1.01. The van der Waals surface area contributed by atoms with Crippen molar-refractivity contribution in [2.24, 2.45) is 9.39 Å². The van der Waals surface area contributed by atoms with E-state index in [-0.39, 0.29) is 16.5 Å². The van der Waals surface area contributed by atoms with E-state index in [1.165, 1.54) is 43.3 Å². The van der Waals surface area contributed by atoms with Crippen molar-refractivity contribution in [1.29, 1.82) is 0 Å². The molecule has 0 fully saturated rings. The average Bonchev–Trinajstić information content (AvgIpc) is 2.42. The molecule has 0 saturated heterocycles. The van der Waals surface area contributed by atoms with Crippen molar-refractivity contribution in [3.63, 3.8) is 0 Å². The van der Waals surface area contributed by atoms with Crippen molar-refractivity contribution in [2.45, 2.75) is 18.7 Å². The maximum absolute atomic E-state index is 12.1. The number of ketones is 1. The zero-order valence-corrected chi connectivity index (χ0v) is 13.5. The Balaban J connectivity index is 2.31. The predicted molar refractivity (Wildman–Crippen MR) is 87.1 cm³/mol. The molecular weight excluding hydrogens is 324 g/mol. The summed E-state index contributed by atoms with van der Waals surface area (Å²) in [5, 5.41) is 0.442. The van der Waals surface area contributed by atoms with Crippen molar-refractivity contribution < 1.29 is 13.2 Å². The Labute approximate surface area is 133 Å². The summed E-state index contributed by atoms with van der Waals surface area (Å²) < 4.78 is 27.9. The first-order valence-corrected chi connectivity index (χ1v) is 8.16. The molecule has 0 atom stereocenters. The summed E-state index contributed by atoms with van der Waals surface area (Å²) in [6.45, 7) is 3.15. The van der Waals surface area contributed by atoms with Crippen LogP contribution < -0.4 is 0 Å². The van der Waals surface area contributed by atoms with Gasteiger partial charge in [-0.25, -0.2) is 4.99 Å². The fourth-order valence-corrected chi connectivity index (χ4v) is 2.84. The largest absolute Gasteiger partial charge is 0.290 e. The highest BCUT2D eigenvalue weighted by atomic mass is 35.5. The number of hydrogen-bond donors (Lipinski definition) is 0. The lowest BCUT2D eigenvalue weighted by Crippen LogP contribution is -2.07. The SMILES string of the molecule is CC1=CC(=N/C(C)=N\S(=O)(=O)c2ccc(Cl)cc2)C=CC1=O. The summed E-state index contributed by atoms with van der Waals surface area (Å²) in [5.74, 6) is -0.0182. The van der Waals surface area contributed by atoms with Gasteiger partial charge in [-0.2, -0.15) is 8.42 Å². The quantitative estimate of drug-likeness (QED) is 0.473. The number of aliphatic imine (C=N–C) groups is 1. The van der Waals surface area contributed by atoms with E-state index in [0.29, 0.717) is 16.3 Å². The first-order chi connectivity index (χ1) is 10.3. The topological polar surface area (TPSA) is 75.9 Å². The predicted octanol–water partition coefficient (Wildman–Crippen LogP) is 2.97. The van der Waals surface area contributed by atoms with Gasteiger partial charge in [-0.3, -0.25) is 4.79 Å². The number of sulfonamides is 1. The maximum Gasteiger partial charge on any atom is 0.283 e. The van der Waals surface area contributed by atoms with Crippen LogP contribution >= 0.6 is 11.6 Å². The first-order valence-electron chi connectivity index (χ1n) is 6.34. The molecule has 7 heteroatoms. The van der Waals surface area contributed by atoms with Gasteiger partial charge in [0.15, 0.2) is 5.78 Å². The molecule has 0 radical (unpaired) electrons. The molecule has 1 aliphatic carbocycles. The van der Waals surface area contributed by atoms with Crippen LogP contribution in [0.5, 0.6) is 0 Å². The summed E-state index contributed by atoms with van der Waals surface area (Å²) >= 11 is 5.73. The number of nitrogens with zero attached hydrogens (tertiary/aromatic N) is 2. The van der Waals surface area contributed by atoms with Gasteiger partial charge >= 0.3 is 0 Å². The molecule has 0 heterocycles. The number of amidine groups is 1. The van der Waals surface area contributed by atoms with E-state index in [1.807, 2.05) is 0 Å². The first kappa shape index (κ1) is 16.3. The number of allylic oxidation sites excluding steroid dienone is 4. The number of hydrogen-bond acceptors (Lipinski definition) is 3. The summed E-state index contributed by atoms with van der Waals surface area (Å²) in [4.78, 5) is 15.5. The highest BCUT2D eigenvalue weighted by Crippen LogP contribution is 2.16. The lowest BCUT2D eigenvalue weighted by atomic mass is 10.1. The second-order valence-corrected chi connectivity index (χ2v) is 6.67. The van der Waals surface area contributed by atoms with E-state index in [2.05, 4.69) is 9.39 Å². The van der Waals surface area contributed by atoms with Crippen LogP contribution in [0, 0.1) is 0 Å². The molecule has 114 valence electrons. The van der Waals surface area contributed by atoms with Crippen molar-refractivity contribution >= 4 is 39.0 Å². The monoisotopic (exact) mass is 336 g/mol. The van der Waals surface area contributed by atoms with Crippen LogP contribution in [-0.2, 0) is 14.8 Å². The van der Waals surface area contributed by atoms with Gasteiger partial charge in [0.2, 0.25) is 0 Å². The Hall–Kier alpha value is -2.05. The van der Waals surface area contributed by atoms with Crippen LogP contribution in [0.3, 0.4) is 0 Å². The van der Waals surface area contributed by atoms with E-state index >= 15 is 0 Å². The highest BCUT2D eigenvalue weighted by Gasteiger charge is 2.13. The molecule has 0 unspecified atom stereocenters. The smallest absolute Gasteiger partial charge is 0.283 e. The maximum atomic E-state index is 12.1. The van der Waals surface area contributed by atoms with E-state index < -0.39 is 10.0 Å².